The number of benzene rings is 1. The first-order valence-electron chi connectivity index (χ1n) is 7.59. The molecule has 6 nitrogen and oxygen atoms in total. The summed E-state index contributed by atoms with van der Waals surface area (Å²) in [5.41, 5.74) is 3.48. The van der Waals surface area contributed by atoms with E-state index in [-0.39, 0.29) is 0 Å². The molecule has 116 valence electrons. The molecule has 6 heteroatoms. The molecule has 1 aliphatic rings. The molecule has 1 saturated heterocycles. The first kappa shape index (κ1) is 14.7. The lowest BCUT2D eigenvalue weighted by molar-refractivity contribution is 0.311. The monoisotopic (exact) mass is 298 g/mol. The van der Waals surface area contributed by atoms with Gasteiger partial charge in [-0.2, -0.15) is 10.1 Å². The van der Waals surface area contributed by atoms with Crippen molar-refractivity contribution in [1.82, 2.24) is 20.1 Å². The van der Waals surface area contributed by atoms with Crippen LogP contribution >= 0.6 is 0 Å². The van der Waals surface area contributed by atoms with Crippen molar-refractivity contribution in [3.63, 3.8) is 0 Å². The van der Waals surface area contributed by atoms with Gasteiger partial charge < -0.3 is 15.1 Å². The third-order valence-corrected chi connectivity index (χ3v) is 3.83. The van der Waals surface area contributed by atoms with Gasteiger partial charge in [0.1, 0.15) is 0 Å². The van der Waals surface area contributed by atoms with Gasteiger partial charge in [0.05, 0.1) is 6.20 Å². The molecule has 2 heterocycles. The largest absolute Gasteiger partial charge is 0.339 e. The second-order valence-electron chi connectivity index (χ2n) is 5.93. The Morgan fingerprint density at radius 2 is 1.68 bits per heavy atom. The molecule has 0 unspecified atom stereocenters. The van der Waals surface area contributed by atoms with Crippen LogP contribution in [0.1, 0.15) is 11.1 Å². The van der Waals surface area contributed by atoms with Gasteiger partial charge in [0.25, 0.3) is 0 Å². The van der Waals surface area contributed by atoms with Crippen LogP contribution in [0.4, 0.5) is 17.5 Å². The Balaban J connectivity index is 1.76. The third kappa shape index (κ3) is 3.51. The fourth-order valence-corrected chi connectivity index (χ4v) is 2.69. The smallest absolute Gasteiger partial charge is 0.247 e. The fraction of sp³-hybridized carbons (Fsp3) is 0.438. The molecule has 22 heavy (non-hydrogen) atoms. The molecule has 1 aromatic carbocycles. The fourth-order valence-electron chi connectivity index (χ4n) is 2.69. The number of aryl methyl sites for hydroxylation is 2. The maximum absolute atomic E-state index is 4.60. The molecule has 1 N–H and O–H groups in total. The number of piperazine rings is 1. The lowest BCUT2D eigenvalue weighted by atomic mass is 10.1. The van der Waals surface area contributed by atoms with Crippen LogP contribution in [0, 0.1) is 13.8 Å². The third-order valence-electron chi connectivity index (χ3n) is 3.83. The highest BCUT2D eigenvalue weighted by Gasteiger charge is 2.17. The SMILES string of the molecule is Cc1cc(C)cc(Nc2cnnc(N3CCN(C)CC3)n2)c1. The van der Waals surface area contributed by atoms with Gasteiger partial charge in [0.15, 0.2) is 5.82 Å². The summed E-state index contributed by atoms with van der Waals surface area (Å²) in [5.74, 6) is 1.43. The van der Waals surface area contributed by atoms with Gasteiger partial charge in [-0.05, 0) is 44.2 Å². The Labute approximate surface area is 131 Å². The molecule has 3 rings (SSSR count). The van der Waals surface area contributed by atoms with Crippen molar-refractivity contribution < 1.29 is 0 Å². The minimum Gasteiger partial charge on any atom is -0.339 e. The van der Waals surface area contributed by atoms with Crippen LogP contribution in [0.15, 0.2) is 24.4 Å². The highest BCUT2D eigenvalue weighted by molar-refractivity contribution is 5.58. The molecule has 1 aliphatic heterocycles. The van der Waals surface area contributed by atoms with Crippen molar-refractivity contribution in [1.29, 1.82) is 0 Å². The molecule has 0 radical (unpaired) electrons. The predicted molar refractivity (Wildman–Crippen MR) is 88.7 cm³/mol. The first-order valence-corrected chi connectivity index (χ1v) is 7.59. The molecule has 1 aromatic heterocycles. The standard InChI is InChI=1S/C16H22N6/c1-12-8-13(2)10-14(9-12)18-15-11-17-20-16(19-15)22-6-4-21(3)5-7-22/h8-11H,4-7H2,1-3H3,(H,18,19,20). The van der Waals surface area contributed by atoms with Crippen molar-refractivity contribution in [2.45, 2.75) is 13.8 Å². The van der Waals surface area contributed by atoms with Crippen LogP contribution in [0.2, 0.25) is 0 Å². The lowest BCUT2D eigenvalue weighted by Gasteiger charge is -2.32. The van der Waals surface area contributed by atoms with E-state index < -0.39 is 0 Å². The van der Waals surface area contributed by atoms with E-state index in [9.17, 15) is 0 Å². The summed E-state index contributed by atoms with van der Waals surface area (Å²) < 4.78 is 0. The summed E-state index contributed by atoms with van der Waals surface area (Å²) in [7, 11) is 2.13. The Kier molecular flexibility index (Phi) is 4.20. The summed E-state index contributed by atoms with van der Waals surface area (Å²) in [4.78, 5) is 9.09. The number of hydrogen-bond donors (Lipinski definition) is 1. The highest BCUT2D eigenvalue weighted by Crippen LogP contribution is 2.19. The van der Waals surface area contributed by atoms with Gasteiger partial charge in [0.2, 0.25) is 5.95 Å². The topological polar surface area (TPSA) is 57.2 Å². The summed E-state index contributed by atoms with van der Waals surface area (Å²) >= 11 is 0. The molecule has 0 amide bonds. The molecule has 0 spiro atoms. The molecule has 0 saturated carbocycles. The summed E-state index contributed by atoms with van der Waals surface area (Å²) in [6.07, 6.45) is 1.66. The molecular formula is C16H22N6. The maximum atomic E-state index is 4.60. The number of likely N-dealkylation sites (N-methyl/N-ethyl adjacent to an activating group) is 1. The minimum absolute atomic E-state index is 0.697. The molecular weight excluding hydrogens is 276 g/mol. The average molecular weight is 298 g/mol. The van der Waals surface area contributed by atoms with Crippen LogP contribution in [0.25, 0.3) is 0 Å². The van der Waals surface area contributed by atoms with Gasteiger partial charge in [-0.3, -0.25) is 0 Å². The summed E-state index contributed by atoms with van der Waals surface area (Å²) in [5, 5.41) is 11.6. The zero-order valence-electron chi connectivity index (χ0n) is 13.4. The second kappa shape index (κ2) is 6.27. The zero-order valence-corrected chi connectivity index (χ0v) is 13.4. The summed E-state index contributed by atoms with van der Waals surface area (Å²) in [6.45, 7) is 8.10. The van der Waals surface area contributed by atoms with Crippen molar-refractivity contribution >= 4 is 17.5 Å². The number of rotatable bonds is 3. The maximum Gasteiger partial charge on any atom is 0.247 e. The van der Waals surface area contributed by atoms with Crippen molar-refractivity contribution in [3.05, 3.63) is 35.5 Å². The van der Waals surface area contributed by atoms with E-state index in [0.717, 1.165) is 37.7 Å². The van der Waals surface area contributed by atoms with E-state index in [1.165, 1.54) is 11.1 Å². The first-order chi connectivity index (χ1) is 10.6. The van der Waals surface area contributed by atoms with E-state index in [1.807, 2.05) is 0 Å². The van der Waals surface area contributed by atoms with Crippen LogP contribution in [0.5, 0.6) is 0 Å². The second-order valence-corrected chi connectivity index (χ2v) is 5.93. The van der Waals surface area contributed by atoms with Gasteiger partial charge in [-0.1, -0.05) is 6.07 Å². The van der Waals surface area contributed by atoms with Crippen molar-refractivity contribution in [3.8, 4) is 0 Å². The molecule has 0 atom stereocenters. The Bertz CT molecular complexity index is 629. The Hall–Kier alpha value is -2.21. The molecule has 0 bridgehead atoms. The molecule has 1 fully saturated rings. The van der Waals surface area contributed by atoms with E-state index in [4.69, 9.17) is 0 Å². The number of aromatic nitrogens is 3. The van der Waals surface area contributed by atoms with Gasteiger partial charge >= 0.3 is 0 Å². The summed E-state index contributed by atoms with van der Waals surface area (Å²) in [6, 6.07) is 6.36. The number of anilines is 3. The van der Waals surface area contributed by atoms with E-state index in [0.29, 0.717) is 5.95 Å². The van der Waals surface area contributed by atoms with Crippen molar-refractivity contribution in [2.24, 2.45) is 0 Å². The zero-order chi connectivity index (χ0) is 15.5. The van der Waals surface area contributed by atoms with Crippen LogP contribution < -0.4 is 10.2 Å². The van der Waals surface area contributed by atoms with E-state index >= 15 is 0 Å². The molecule has 2 aromatic rings. The minimum atomic E-state index is 0.697. The highest BCUT2D eigenvalue weighted by atomic mass is 15.4. The number of nitrogens with zero attached hydrogens (tertiary/aromatic N) is 5. The van der Waals surface area contributed by atoms with Gasteiger partial charge in [0, 0.05) is 31.9 Å². The van der Waals surface area contributed by atoms with Gasteiger partial charge in [-0.15, -0.1) is 5.10 Å². The van der Waals surface area contributed by atoms with Crippen molar-refractivity contribution in [2.75, 3.05) is 43.4 Å². The Morgan fingerprint density at radius 1 is 1.00 bits per heavy atom. The number of nitrogens with one attached hydrogen (secondary N) is 1. The molecule has 0 aliphatic carbocycles. The van der Waals surface area contributed by atoms with Crippen LogP contribution in [-0.2, 0) is 0 Å². The van der Waals surface area contributed by atoms with Crippen LogP contribution in [-0.4, -0.2) is 53.3 Å². The Morgan fingerprint density at radius 3 is 2.36 bits per heavy atom. The number of hydrogen-bond acceptors (Lipinski definition) is 6. The quantitative estimate of drug-likeness (QED) is 0.935. The van der Waals surface area contributed by atoms with Gasteiger partial charge in [-0.25, -0.2) is 0 Å². The average Bonchev–Trinajstić information content (AvgIpc) is 2.47. The normalized spacial score (nSPS) is 15.9. The van der Waals surface area contributed by atoms with E-state index in [2.05, 4.69) is 69.4 Å². The predicted octanol–water partition coefficient (Wildman–Crippen LogP) is 1.98. The lowest BCUT2D eigenvalue weighted by Crippen LogP contribution is -2.45. The van der Waals surface area contributed by atoms with E-state index in [1.54, 1.807) is 6.20 Å². The van der Waals surface area contributed by atoms with Crippen LogP contribution in [0.3, 0.4) is 0 Å².